The van der Waals surface area contributed by atoms with Crippen molar-refractivity contribution in [1.29, 1.82) is 0 Å². The van der Waals surface area contributed by atoms with Crippen LogP contribution in [0.1, 0.15) is 62.9 Å². The average molecular weight is 478 g/mol. The summed E-state index contributed by atoms with van der Waals surface area (Å²) in [5, 5.41) is 14.2. The van der Waals surface area contributed by atoms with Crippen LogP contribution in [0.4, 0.5) is 0 Å². The van der Waals surface area contributed by atoms with Crippen LogP contribution >= 0.6 is 24.0 Å². The first-order chi connectivity index (χ1) is 12.0. The first-order valence-electron chi connectivity index (χ1n) is 8.37. The standard InChI is InChI=1S/C16H26N6O3.HI/c1-6-23-11(4)15-20-14(25-22-15)9-19-16(17-5)18-8-12-7-13(10(2)3)21-24-12;/h7,10-11H,6,8-9H2,1-5H3,(H2,17,18,19);1H. The van der Waals surface area contributed by atoms with Gasteiger partial charge in [0.05, 0.1) is 18.8 Å². The van der Waals surface area contributed by atoms with Gasteiger partial charge in [-0.1, -0.05) is 24.2 Å². The minimum atomic E-state index is -0.193. The van der Waals surface area contributed by atoms with Crippen molar-refractivity contribution < 1.29 is 13.8 Å². The molecule has 0 bridgehead atoms. The van der Waals surface area contributed by atoms with Crippen LogP contribution in [0.5, 0.6) is 0 Å². The van der Waals surface area contributed by atoms with Crippen LogP contribution < -0.4 is 10.6 Å². The number of nitrogens with one attached hydrogen (secondary N) is 2. The Morgan fingerprint density at radius 1 is 1.19 bits per heavy atom. The molecule has 0 aliphatic heterocycles. The Labute approximate surface area is 170 Å². The molecule has 1 unspecified atom stereocenters. The molecule has 2 N–H and O–H groups in total. The Bertz CT molecular complexity index is 685. The summed E-state index contributed by atoms with van der Waals surface area (Å²) in [5.41, 5.74) is 0.932. The van der Waals surface area contributed by atoms with Gasteiger partial charge >= 0.3 is 0 Å². The highest BCUT2D eigenvalue weighted by Crippen LogP contribution is 2.14. The molecule has 0 aliphatic carbocycles. The maximum absolute atomic E-state index is 5.44. The number of hydrogen-bond acceptors (Lipinski definition) is 7. The Morgan fingerprint density at radius 3 is 2.54 bits per heavy atom. The van der Waals surface area contributed by atoms with E-state index in [-0.39, 0.29) is 30.1 Å². The van der Waals surface area contributed by atoms with E-state index in [0.29, 0.717) is 43.3 Å². The molecule has 26 heavy (non-hydrogen) atoms. The van der Waals surface area contributed by atoms with Gasteiger partial charge in [0.1, 0.15) is 6.10 Å². The molecule has 0 aromatic carbocycles. The summed E-state index contributed by atoms with van der Waals surface area (Å²) in [5.74, 6) is 2.67. The van der Waals surface area contributed by atoms with E-state index in [1.807, 2.05) is 19.9 Å². The van der Waals surface area contributed by atoms with Crippen molar-refractivity contribution in [2.75, 3.05) is 13.7 Å². The van der Waals surface area contributed by atoms with Gasteiger partial charge in [-0.25, -0.2) is 0 Å². The molecule has 10 heteroatoms. The maximum atomic E-state index is 5.44. The fourth-order valence-corrected chi connectivity index (χ4v) is 2.06. The van der Waals surface area contributed by atoms with Gasteiger partial charge in [-0.15, -0.1) is 24.0 Å². The third kappa shape index (κ3) is 6.56. The van der Waals surface area contributed by atoms with Crippen molar-refractivity contribution in [2.24, 2.45) is 4.99 Å². The van der Waals surface area contributed by atoms with E-state index in [1.54, 1.807) is 7.05 Å². The lowest BCUT2D eigenvalue weighted by molar-refractivity contribution is 0.0683. The van der Waals surface area contributed by atoms with Crippen LogP contribution in [-0.2, 0) is 17.8 Å². The number of hydrogen-bond donors (Lipinski definition) is 2. The van der Waals surface area contributed by atoms with Crippen LogP contribution in [0.25, 0.3) is 0 Å². The van der Waals surface area contributed by atoms with E-state index in [4.69, 9.17) is 13.8 Å². The summed E-state index contributed by atoms with van der Waals surface area (Å²) < 4.78 is 15.9. The Kier molecular flexibility index (Phi) is 9.55. The van der Waals surface area contributed by atoms with Crippen LogP contribution in [-0.4, -0.2) is 34.9 Å². The molecule has 0 amide bonds. The molecule has 0 aliphatic rings. The van der Waals surface area contributed by atoms with E-state index < -0.39 is 0 Å². The monoisotopic (exact) mass is 478 g/mol. The zero-order chi connectivity index (χ0) is 18.2. The molecule has 1 atom stereocenters. The lowest BCUT2D eigenvalue weighted by Gasteiger charge is -2.08. The minimum Gasteiger partial charge on any atom is -0.371 e. The maximum Gasteiger partial charge on any atom is 0.246 e. The molecule has 2 rings (SSSR count). The van der Waals surface area contributed by atoms with E-state index >= 15 is 0 Å². The van der Waals surface area contributed by atoms with Gasteiger partial charge < -0.3 is 24.4 Å². The molecule has 0 radical (unpaired) electrons. The first-order valence-corrected chi connectivity index (χ1v) is 8.37. The van der Waals surface area contributed by atoms with Crippen LogP contribution in [0.15, 0.2) is 20.1 Å². The van der Waals surface area contributed by atoms with Gasteiger partial charge in [0, 0.05) is 19.7 Å². The Morgan fingerprint density at radius 2 is 1.92 bits per heavy atom. The number of aromatic nitrogens is 3. The molecule has 0 fully saturated rings. The van der Waals surface area contributed by atoms with Gasteiger partial charge in [0.25, 0.3) is 0 Å². The number of rotatable bonds is 8. The van der Waals surface area contributed by atoms with Crippen molar-refractivity contribution >= 4 is 29.9 Å². The topological polar surface area (TPSA) is 111 Å². The highest BCUT2D eigenvalue weighted by molar-refractivity contribution is 14.0. The van der Waals surface area contributed by atoms with Gasteiger partial charge in [0.2, 0.25) is 5.89 Å². The summed E-state index contributed by atoms with van der Waals surface area (Å²) in [6.45, 7) is 9.39. The van der Waals surface area contributed by atoms with Crippen LogP contribution in [0, 0.1) is 0 Å². The lowest BCUT2D eigenvalue weighted by atomic mass is 10.1. The third-order valence-corrected chi connectivity index (χ3v) is 3.49. The van der Waals surface area contributed by atoms with E-state index in [0.717, 1.165) is 11.5 Å². The van der Waals surface area contributed by atoms with Crippen molar-refractivity contribution in [3.05, 3.63) is 29.2 Å². The number of halogens is 1. The molecular weight excluding hydrogens is 451 g/mol. The average Bonchev–Trinajstić information content (AvgIpc) is 3.24. The summed E-state index contributed by atoms with van der Waals surface area (Å²) in [6, 6.07) is 1.93. The molecule has 0 saturated carbocycles. The normalized spacial score (nSPS) is 12.8. The van der Waals surface area contributed by atoms with Crippen molar-refractivity contribution in [2.45, 2.75) is 52.8 Å². The molecule has 0 spiro atoms. The zero-order valence-corrected chi connectivity index (χ0v) is 18.1. The fourth-order valence-electron chi connectivity index (χ4n) is 2.06. The van der Waals surface area contributed by atoms with Gasteiger partial charge in [-0.3, -0.25) is 4.99 Å². The van der Waals surface area contributed by atoms with Crippen LogP contribution in [0.3, 0.4) is 0 Å². The summed E-state index contributed by atoms with van der Waals surface area (Å²) in [7, 11) is 1.69. The van der Waals surface area contributed by atoms with Crippen LogP contribution in [0.2, 0.25) is 0 Å². The van der Waals surface area contributed by atoms with E-state index in [1.165, 1.54) is 0 Å². The predicted molar refractivity (Wildman–Crippen MR) is 107 cm³/mol. The van der Waals surface area contributed by atoms with Gasteiger partial charge in [-0.05, 0) is 19.8 Å². The molecule has 2 heterocycles. The molecule has 9 nitrogen and oxygen atoms in total. The quantitative estimate of drug-likeness (QED) is 0.339. The first kappa shape index (κ1) is 22.4. The lowest BCUT2D eigenvalue weighted by Crippen LogP contribution is -2.36. The number of aliphatic imine (C=N–C) groups is 1. The van der Waals surface area contributed by atoms with E-state index in [9.17, 15) is 0 Å². The number of guanidine groups is 1. The van der Waals surface area contributed by atoms with Crippen molar-refractivity contribution in [3.8, 4) is 0 Å². The van der Waals surface area contributed by atoms with Crippen molar-refractivity contribution in [3.63, 3.8) is 0 Å². The second-order valence-corrected chi connectivity index (χ2v) is 5.80. The highest BCUT2D eigenvalue weighted by Gasteiger charge is 2.14. The second-order valence-electron chi connectivity index (χ2n) is 5.80. The Balaban J connectivity index is 0.00000338. The van der Waals surface area contributed by atoms with Crippen molar-refractivity contribution in [1.82, 2.24) is 25.9 Å². The van der Waals surface area contributed by atoms with E-state index in [2.05, 4.69) is 44.8 Å². The second kappa shape index (κ2) is 11.1. The number of nitrogens with zero attached hydrogens (tertiary/aromatic N) is 4. The molecule has 2 aromatic rings. The largest absolute Gasteiger partial charge is 0.371 e. The SMILES string of the molecule is CCOC(C)c1noc(CNC(=NC)NCc2cc(C(C)C)no2)n1.I. The summed E-state index contributed by atoms with van der Waals surface area (Å²) in [6.07, 6.45) is -0.193. The van der Waals surface area contributed by atoms with Gasteiger partial charge in [0.15, 0.2) is 17.5 Å². The molecule has 0 saturated heterocycles. The smallest absolute Gasteiger partial charge is 0.246 e. The minimum absolute atomic E-state index is 0. The molecular formula is C16H27IN6O3. The Hall–Kier alpha value is -1.69. The third-order valence-electron chi connectivity index (χ3n) is 3.49. The fraction of sp³-hybridized carbons (Fsp3) is 0.625. The van der Waals surface area contributed by atoms with Gasteiger partial charge in [-0.2, -0.15) is 4.98 Å². The predicted octanol–water partition coefficient (Wildman–Crippen LogP) is 2.76. The summed E-state index contributed by atoms with van der Waals surface area (Å²) in [4.78, 5) is 8.45. The highest BCUT2D eigenvalue weighted by atomic mass is 127. The number of ether oxygens (including phenoxy) is 1. The molecule has 146 valence electrons. The molecule has 2 aromatic heterocycles. The zero-order valence-electron chi connectivity index (χ0n) is 15.8. The summed E-state index contributed by atoms with van der Waals surface area (Å²) >= 11 is 0.